The van der Waals surface area contributed by atoms with Crippen LogP contribution in [0.3, 0.4) is 0 Å². The molecule has 0 aliphatic heterocycles. The van der Waals surface area contributed by atoms with Crippen molar-refractivity contribution in [3.8, 4) is 11.3 Å². The van der Waals surface area contributed by atoms with Gasteiger partial charge in [-0.2, -0.15) is 0 Å². The third-order valence-electron chi connectivity index (χ3n) is 3.57. The van der Waals surface area contributed by atoms with Gasteiger partial charge in [0, 0.05) is 16.9 Å². The van der Waals surface area contributed by atoms with Crippen molar-refractivity contribution in [2.75, 3.05) is 5.32 Å². The number of aromatic nitrogens is 1. The summed E-state index contributed by atoms with van der Waals surface area (Å²) in [6, 6.07) is 20.1. The maximum absolute atomic E-state index is 12.1. The average Bonchev–Trinajstić information content (AvgIpc) is 2.95. The first-order chi connectivity index (χ1) is 11.2. The fourth-order valence-electron chi connectivity index (χ4n) is 2.40. The molecule has 0 saturated carbocycles. The van der Waals surface area contributed by atoms with Crippen molar-refractivity contribution in [2.45, 2.75) is 19.8 Å². The number of hydrogen-bond acceptors (Lipinski definition) is 3. The molecule has 0 bridgehead atoms. The van der Waals surface area contributed by atoms with Crippen molar-refractivity contribution in [1.82, 2.24) is 4.98 Å². The van der Waals surface area contributed by atoms with E-state index < -0.39 is 0 Å². The molecule has 23 heavy (non-hydrogen) atoms. The molecule has 3 rings (SSSR count). The van der Waals surface area contributed by atoms with Gasteiger partial charge < -0.3 is 5.32 Å². The summed E-state index contributed by atoms with van der Waals surface area (Å²) in [5.74, 6) is 0.00205. The molecule has 0 spiro atoms. The molecule has 0 radical (unpaired) electrons. The SMILES string of the molecule is Cc1sc(NC(=O)CCc2ccccc2)nc1-c1ccccc1. The van der Waals surface area contributed by atoms with E-state index in [2.05, 4.69) is 10.3 Å². The van der Waals surface area contributed by atoms with Gasteiger partial charge in [-0.15, -0.1) is 11.3 Å². The predicted molar refractivity (Wildman–Crippen MR) is 95.7 cm³/mol. The third kappa shape index (κ3) is 4.05. The molecular formula is C19H18N2OS. The summed E-state index contributed by atoms with van der Waals surface area (Å²) in [4.78, 5) is 17.8. The van der Waals surface area contributed by atoms with E-state index in [0.717, 1.165) is 22.6 Å². The number of aryl methyl sites for hydroxylation is 2. The zero-order valence-electron chi connectivity index (χ0n) is 13.0. The van der Waals surface area contributed by atoms with E-state index in [0.29, 0.717) is 11.6 Å². The van der Waals surface area contributed by atoms with Crippen LogP contribution in [0.1, 0.15) is 16.9 Å². The average molecular weight is 322 g/mol. The van der Waals surface area contributed by atoms with Crippen molar-refractivity contribution in [3.05, 3.63) is 71.1 Å². The van der Waals surface area contributed by atoms with Gasteiger partial charge in [-0.25, -0.2) is 4.98 Å². The number of carbonyl (C=O) groups excluding carboxylic acids is 1. The van der Waals surface area contributed by atoms with Crippen molar-refractivity contribution >= 4 is 22.4 Å². The van der Waals surface area contributed by atoms with Gasteiger partial charge in [0.15, 0.2) is 5.13 Å². The molecule has 3 nitrogen and oxygen atoms in total. The lowest BCUT2D eigenvalue weighted by atomic mass is 10.1. The minimum Gasteiger partial charge on any atom is -0.302 e. The van der Waals surface area contributed by atoms with Crippen LogP contribution in [0, 0.1) is 6.92 Å². The molecular weight excluding hydrogens is 304 g/mol. The fourth-order valence-corrected chi connectivity index (χ4v) is 3.25. The summed E-state index contributed by atoms with van der Waals surface area (Å²) in [6.07, 6.45) is 1.20. The molecule has 4 heteroatoms. The molecule has 0 saturated heterocycles. The highest BCUT2D eigenvalue weighted by molar-refractivity contribution is 7.16. The van der Waals surface area contributed by atoms with Gasteiger partial charge in [0.2, 0.25) is 5.91 Å². The highest BCUT2D eigenvalue weighted by Crippen LogP contribution is 2.30. The Morgan fingerprint density at radius 1 is 1.04 bits per heavy atom. The Kier molecular flexibility index (Phi) is 4.83. The minimum absolute atomic E-state index is 0.00205. The molecule has 0 fully saturated rings. The van der Waals surface area contributed by atoms with Gasteiger partial charge in [-0.1, -0.05) is 60.7 Å². The summed E-state index contributed by atoms with van der Waals surface area (Å²) >= 11 is 1.52. The number of thiazole rings is 1. The number of anilines is 1. The van der Waals surface area contributed by atoms with E-state index in [1.54, 1.807) is 0 Å². The molecule has 2 aromatic carbocycles. The van der Waals surface area contributed by atoms with Crippen LogP contribution in [0.15, 0.2) is 60.7 Å². The number of hydrogen-bond donors (Lipinski definition) is 1. The monoisotopic (exact) mass is 322 g/mol. The quantitative estimate of drug-likeness (QED) is 0.740. The largest absolute Gasteiger partial charge is 0.302 e. The zero-order valence-corrected chi connectivity index (χ0v) is 13.8. The van der Waals surface area contributed by atoms with Gasteiger partial charge in [0.1, 0.15) is 0 Å². The van der Waals surface area contributed by atoms with Crippen molar-refractivity contribution < 1.29 is 4.79 Å². The first kappa shape index (κ1) is 15.4. The third-order valence-corrected chi connectivity index (χ3v) is 4.46. The number of amides is 1. The predicted octanol–water partition coefficient (Wildman–Crippen LogP) is 4.69. The second-order valence-corrected chi connectivity index (χ2v) is 6.53. The Bertz CT molecular complexity index is 782. The molecule has 1 amide bonds. The van der Waals surface area contributed by atoms with Crippen LogP contribution in [-0.2, 0) is 11.2 Å². The smallest absolute Gasteiger partial charge is 0.226 e. The highest BCUT2D eigenvalue weighted by atomic mass is 32.1. The van der Waals surface area contributed by atoms with E-state index in [-0.39, 0.29) is 5.91 Å². The topological polar surface area (TPSA) is 42.0 Å². The van der Waals surface area contributed by atoms with Gasteiger partial charge in [0.05, 0.1) is 5.69 Å². The van der Waals surface area contributed by atoms with Gasteiger partial charge in [-0.05, 0) is 18.9 Å². The first-order valence-corrected chi connectivity index (χ1v) is 8.40. The highest BCUT2D eigenvalue weighted by Gasteiger charge is 2.11. The van der Waals surface area contributed by atoms with Gasteiger partial charge in [-0.3, -0.25) is 4.79 Å². The van der Waals surface area contributed by atoms with Gasteiger partial charge >= 0.3 is 0 Å². The first-order valence-electron chi connectivity index (χ1n) is 7.59. The zero-order chi connectivity index (χ0) is 16.1. The number of rotatable bonds is 5. The van der Waals surface area contributed by atoms with Crippen molar-refractivity contribution in [2.24, 2.45) is 0 Å². The molecule has 0 aliphatic rings. The summed E-state index contributed by atoms with van der Waals surface area (Å²) in [5.41, 5.74) is 3.18. The lowest BCUT2D eigenvalue weighted by Crippen LogP contribution is -2.12. The van der Waals surface area contributed by atoms with Crippen molar-refractivity contribution in [1.29, 1.82) is 0 Å². The second-order valence-electron chi connectivity index (χ2n) is 5.32. The molecule has 0 unspecified atom stereocenters. The summed E-state index contributed by atoms with van der Waals surface area (Å²) in [6.45, 7) is 2.03. The minimum atomic E-state index is 0.00205. The summed E-state index contributed by atoms with van der Waals surface area (Å²) in [7, 11) is 0. The van der Waals surface area contributed by atoms with Crippen LogP contribution < -0.4 is 5.32 Å². The number of carbonyl (C=O) groups is 1. The van der Waals surface area contributed by atoms with Crippen LogP contribution in [0.5, 0.6) is 0 Å². The Hall–Kier alpha value is -2.46. The summed E-state index contributed by atoms with van der Waals surface area (Å²) < 4.78 is 0. The van der Waals surface area contributed by atoms with Crippen LogP contribution in [-0.4, -0.2) is 10.9 Å². The van der Waals surface area contributed by atoms with E-state index in [9.17, 15) is 4.79 Å². The van der Waals surface area contributed by atoms with Crippen molar-refractivity contribution in [3.63, 3.8) is 0 Å². The molecule has 1 heterocycles. The van der Waals surface area contributed by atoms with E-state index in [4.69, 9.17) is 0 Å². The van der Waals surface area contributed by atoms with Crippen LogP contribution in [0.25, 0.3) is 11.3 Å². The maximum Gasteiger partial charge on any atom is 0.226 e. The van der Waals surface area contributed by atoms with E-state index in [1.165, 1.54) is 16.9 Å². The Balaban J connectivity index is 1.63. The number of benzene rings is 2. The van der Waals surface area contributed by atoms with Crippen LogP contribution in [0.2, 0.25) is 0 Å². The second kappa shape index (κ2) is 7.20. The van der Waals surface area contributed by atoms with E-state index in [1.807, 2.05) is 67.6 Å². The van der Waals surface area contributed by atoms with Crippen LogP contribution >= 0.6 is 11.3 Å². The summed E-state index contributed by atoms with van der Waals surface area (Å²) in [5, 5.41) is 3.58. The Labute approximate surface area is 140 Å². The maximum atomic E-state index is 12.1. The lowest BCUT2D eigenvalue weighted by Gasteiger charge is -2.02. The van der Waals surface area contributed by atoms with E-state index >= 15 is 0 Å². The normalized spacial score (nSPS) is 10.5. The standard InChI is InChI=1S/C19H18N2OS/c1-14-18(16-10-6-3-7-11-16)21-19(23-14)20-17(22)13-12-15-8-4-2-5-9-15/h2-11H,12-13H2,1H3,(H,20,21,22). The lowest BCUT2D eigenvalue weighted by molar-refractivity contribution is -0.116. The molecule has 116 valence electrons. The Morgan fingerprint density at radius 2 is 1.70 bits per heavy atom. The molecule has 3 aromatic rings. The van der Waals surface area contributed by atoms with Crippen LogP contribution in [0.4, 0.5) is 5.13 Å². The number of nitrogens with one attached hydrogen (secondary N) is 1. The number of nitrogens with zero attached hydrogens (tertiary/aromatic N) is 1. The molecule has 1 N–H and O–H groups in total. The molecule has 1 aromatic heterocycles. The molecule has 0 aliphatic carbocycles. The molecule has 0 atom stereocenters. The Morgan fingerprint density at radius 3 is 2.39 bits per heavy atom. The fraction of sp³-hybridized carbons (Fsp3) is 0.158. The van der Waals surface area contributed by atoms with Gasteiger partial charge in [0.25, 0.3) is 0 Å².